The lowest BCUT2D eigenvalue weighted by atomic mass is 10.2. The summed E-state index contributed by atoms with van der Waals surface area (Å²) in [6, 6.07) is 5.15. The Balaban J connectivity index is 1.89. The zero-order chi connectivity index (χ0) is 11.4. The summed E-state index contributed by atoms with van der Waals surface area (Å²) >= 11 is 0. The van der Waals surface area contributed by atoms with E-state index < -0.39 is 11.6 Å². The van der Waals surface area contributed by atoms with Crippen LogP contribution in [0.25, 0.3) is 0 Å². The minimum Gasteiger partial charge on any atom is -0.364 e. The summed E-state index contributed by atoms with van der Waals surface area (Å²) in [5.41, 5.74) is 1.30. The number of aromatic nitrogens is 1. The predicted octanol–water partition coefficient (Wildman–Crippen LogP) is 2.24. The minimum atomic E-state index is -0.571. The van der Waals surface area contributed by atoms with Crippen molar-refractivity contribution in [1.29, 1.82) is 0 Å². The highest BCUT2D eigenvalue weighted by Gasteiger charge is 2.01. The van der Waals surface area contributed by atoms with Crippen molar-refractivity contribution in [3.05, 3.63) is 53.4 Å². The van der Waals surface area contributed by atoms with Crippen LogP contribution in [0.2, 0.25) is 0 Å². The third-order valence-corrected chi connectivity index (χ3v) is 2.05. The van der Waals surface area contributed by atoms with Crippen LogP contribution in [-0.2, 0) is 13.1 Å². The van der Waals surface area contributed by atoms with Crippen LogP contribution in [-0.4, -0.2) is 5.16 Å². The van der Waals surface area contributed by atoms with Gasteiger partial charge in [-0.1, -0.05) is 5.16 Å². The Morgan fingerprint density at radius 2 is 1.88 bits per heavy atom. The fraction of sp³-hybridized carbons (Fsp3) is 0.182. The molecule has 0 atom stereocenters. The molecule has 2 rings (SSSR count). The lowest BCUT2D eigenvalue weighted by molar-refractivity contribution is 0.408. The van der Waals surface area contributed by atoms with Crippen LogP contribution in [0, 0.1) is 11.6 Å². The Kier molecular flexibility index (Phi) is 3.26. The van der Waals surface area contributed by atoms with E-state index >= 15 is 0 Å². The normalized spacial score (nSPS) is 10.6. The van der Waals surface area contributed by atoms with E-state index in [1.54, 1.807) is 6.07 Å². The fourth-order valence-electron chi connectivity index (χ4n) is 1.38. The molecule has 0 saturated heterocycles. The van der Waals surface area contributed by atoms with Crippen LogP contribution in [0.15, 0.2) is 35.1 Å². The molecule has 0 spiro atoms. The molecule has 3 nitrogen and oxygen atoms in total. The van der Waals surface area contributed by atoms with Crippen LogP contribution >= 0.6 is 0 Å². The topological polar surface area (TPSA) is 38.1 Å². The standard InChI is InChI=1S/C11H10F2N2O/c12-9-3-8(4-10(13)5-9)6-14-7-11-1-2-16-15-11/h1-5,14H,6-7H2. The molecule has 2 aromatic rings. The molecule has 1 aromatic carbocycles. The molecule has 5 heteroatoms. The Bertz CT molecular complexity index is 437. The first-order valence-corrected chi connectivity index (χ1v) is 4.79. The van der Waals surface area contributed by atoms with E-state index in [1.165, 1.54) is 18.4 Å². The number of nitrogens with zero attached hydrogens (tertiary/aromatic N) is 1. The first-order chi connectivity index (χ1) is 7.74. The number of halogens is 2. The van der Waals surface area contributed by atoms with E-state index in [0.717, 1.165) is 11.8 Å². The van der Waals surface area contributed by atoms with Crippen molar-refractivity contribution in [2.24, 2.45) is 0 Å². The van der Waals surface area contributed by atoms with E-state index in [2.05, 4.69) is 15.0 Å². The number of rotatable bonds is 4. The first-order valence-electron chi connectivity index (χ1n) is 4.79. The molecular formula is C11H10F2N2O. The molecule has 1 heterocycles. The van der Waals surface area contributed by atoms with Gasteiger partial charge in [-0.3, -0.25) is 0 Å². The summed E-state index contributed by atoms with van der Waals surface area (Å²) in [7, 11) is 0. The number of nitrogens with one attached hydrogen (secondary N) is 1. The largest absolute Gasteiger partial charge is 0.364 e. The van der Waals surface area contributed by atoms with Crippen LogP contribution in [0.3, 0.4) is 0 Å². The Morgan fingerprint density at radius 3 is 2.50 bits per heavy atom. The summed E-state index contributed by atoms with van der Waals surface area (Å²) in [5.74, 6) is -1.14. The van der Waals surface area contributed by atoms with Crippen LogP contribution in [0.1, 0.15) is 11.3 Å². The molecule has 0 bridgehead atoms. The van der Waals surface area contributed by atoms with E-state index in [-0.39, 0.29) is 0 Å². The van der Waals surface area contributed by atoms with E-state index in [4.69, 9.17) is 0 Å². The van der Waals surface area contributed by atoms with Gasteiger partial charge in [0.2, 0.25) is 0 Å². The van der Waals surface area contributed by atoms with Crippen molar-refractivity contribution >= 4 is 0 Å². The number of hydrogen-bond acceptors (Lipinski definition) is 3. The van der Waals surface area contributed by atoms with Crippen molar-refractivity contribution in [2.75, 3.05) is 0 Å². The molecule has 84 valence electrons. The van der Waals surface area contributed by atoms with Gasteiger partial charge in [-0.15, -0.1) is 0 Å². The molecule has 0 fully saturated rings. The highest BCUT2D eigenvalue weighted by atomic mass is 19.1. The molecule has 0 unspecified atom stereocenters. The maximum Gasteiger partial charge on any atom is 0.126 e. The molecule has 16 heavy (non-hydrogen) atoms. The minimum absolute atomic E-state index is 0.377. The molecule has 1 N–H and O–H groups in total. The van der Waals surface area contributed by atoms with Gasteiger partial charge in [0.1, 0.15) is 17.9 Å². The van der Waals surface area contributed by atoms with Crippen molar-refractivity contribution in [2.45, 2.75) is 13.1 Å². The number of benzene rings is 1. The van der Waals surface area contributed by atoms with Gasteiger partial charge in [-0.25, -0.2) is 8.78 Å². The van der Waals surface area contributed by atoms with Gasteiger partial charge in [0.15, 0.2) is 0 Å². The van der Waals surface area contributed by atoms with E-state index in [1.807, 2.05) is 0 Å². The second-order valence-electron chi connectivity index (χ2n) is 3.37. The Morgan fingerprint density at radius 1 is 1.12 bits per heavy atom. The van der Waals surface area contributed by atoms with Gasteiger partial charge >= 0.3 is 0 Å². The van der Waals surface area contributed by atoms with Crippen LogP contribution in [0.4, 0.5) is 8.78 Å². The van der Waals surface area contributed by atoms with Crippen molar-refractivity contribution in [1.82, 2.24) is 10.5 Å². The molecule has 0 amide bonds. The third kappa shape index (κ3) is 2.87. The summed E-state index contributed by atoms with van der Waals surface area (Å²) in [6.45, 7) is 0.871. The van der Waals surface area contributed by atoms with E-state index in [9.17, 15) is 8.78 Å². The monoisotopic (exact) mass is 224 g/mol. The van der Waals surface area contributed by atoms with Gasteiger partial charge < -0.3 is 9.84 Å². The van der Waals surface area contributed by atoms with Gasteiger partial charge in [-0.2, -0.15) is 0 Å². The van der Waals surface area contributed by atoms with Crippen molar-refractivity contribution in [3.63, 3.8) is 0 Å². The highest BCUT2D eigenvalue weighted by molar-refractivity contribution is 5.17. The highest BCUT2D eigenvalue weighted by Crippen LogP contribution is 2.07. The van der Waals surface area contributed by atoms with Gasteiger partial charge in [0, 0.05) is 25.2 Å². The zero-order valence-electron chi connectivity index (χ0n) is 8.41. The summed E-state index contributed by atoms with van der Waals surface area (Å²) in [6.07, 6.45) is 1.47. The zero-order valence-corrected chi connectivity index (χ0v) is 8.41. The Hall–Kier alpha value is -1.75. The maximum atomic E-state index is 12.8. The van der Waals surface area contributed by atoms with Gasteiger partial charge in [-0.05, 0) is 17.7 Å². The maximum absolute atomic E-state index is 12.8. The van der Waals surface area contributed by atoms with Gasteiger partial charge in [0.05, 0.1) is 5.69 Å². The molecular weight excluding hydrogens is 214 g/mol. The first kappa shape index (κ1) is 10.8. The smallest absolute Gasteiger partial charge is 0.126 e. The third-order valence-electron chi connectivity index (χ3n) is 2.05. The number of hydrogen-bond donors (Lipinski definition) is 1. The quantitative estimate of drug-likeness (QED) is 0.865. The van der Waals surface area contributed by atoms with Gasteiger partial charge in [0.25, 0.3) is 0 Å². The predicted molar refractivity (Wildman–Crippen MR) is 53.4 cm³/mol. The summed E-state index contributed by atoms with van der Waals surface area (Å²) in [5, 5.41) is 6.70. The fourth-order valence-corrected chi connectivity index (χ4v) is 1.38. The molecule has 0 aliphatic carbocycles. The molecule has 0 aliphatic rings. The molecule has 1 aromatic heterocycles. The average Bonchev–Trinajstić information content (AvgIpc) is 2.69. The SMILES string of the molecule is Fc1cc(F)cc(CNCc2ccon2)c1. The summed E-state index contributed by atoms with van der Waals surface area (Å²) in [4.78, 5) is 0. The summed E-state index contributed by atoms with van der Waals surface area (Å²) < 4.78 is 30.3. The van der Waals surface area contributed by atoms with E-state index in [0.29, 0.717) is 18.7 Å². The Labute approximate surface area is 91.1 Å². The van der Waals surface area contributed by atoms with Crippen LogP contribution < -0.4 is 5.32 Å². The molecule has 0 radical (unpaired) electrons. The van der Waals surface area contributed by atoms with Crippen LogP contribution in [0.5, 0.6) is 0 Å². The molecule has 0 saturated carbocycles. The average molecular weight is 224 g/mol. The van der Waals surface area contributed by atoms with Crippen molar-refractivity contribution in [3.8, 4) is 0 Å². The molecule has 0 aliphatic heterocycles. The second-order valence-corrected chi connectivity index (χ2v) is 3.37. The second kappa shape index (κ2) is 4.85. The lowest BCUT2D eigenvalue weighted by Crippen LogP contribution is -2.13. The van der Waals surface area contributed by atoms with Crippen molar-refractivity contribution < 1.29 is 13.3 Å². The lowest BCUT2D eigenvalue weighted by Gasteiger charge is -2.03.